The number of halogens is 1. The number of hydrogen-bond donors (Lipinski definition) is 2. The highest BCUT2D eigenvalue weighted by Crippen LogP contribution is 2.19. The highest BCUT2D eigenvalue weighted by molar-refractivity contribution is 6.60. The van der Waals surface area contributed by atoms with E-state index in [2.05, 4.69) is 5.16 Å². The molecule has 0 spiro atoms. The van der Waals surface area contributed by atoms with Crippen LogP contribution in [0.1, 0.15) is 5.76 Å². The molecule has 0 amide bonds. The van der Waals surface area contributed by atoms with Crippen LogP contribution in [0.25, 0.3) is 11.3 Å². The van der Waals surface area contributed by atoms with Crippen LogP contribution in [0.5, 0.6) is 0 Å². The van der Waals surface area contributed by atoms with Crippen molar-refractivity contribution in [2.75, 3.05) is 0 Å². The summed E-state index contributed by atoms with van der Waals surface area (Å²) in [6.07, 6.45) is 0. The SMILES string of the molecule is Cc1onc(-c2ccc(Cl)cc2)c1B(O)O. The van der Waals surface area contributed by atoms with Gasteiger partial charge in [0.2, 0.25) is 0 Å². The van der Waals surface area contributed by atoms with Gasteiger partial charge in [-0.15, -0.1) is 0 Å². The third-order valence-corrected chi connectivity index (χ3v) is 2.54. The molecule has 0 unspecified atom stereocenters. The molecule has 0 aliphatic rings. The van der Waals surface area contributed by atoms with Gasteiger partial charge in [0.25, 0.3) is 0 Å². The first kappa shape index (κ1) is 11.2. The lowest BCUT2D eigenvalue weighted by molar-refractivity contribution is 0.397. The maximum atomic E-state index is 9.22. The fourth-order valence-corrected chi connectivity index (χ4v) is 1.63. The summed E-state index contributed by atoms with van der Waals surface area (Å²) in [7, 11) is -1.60. The third-order valence-electron chi connectivity index (χ3n) is 2.28. The fourth-order valence-electron chi connectivity index (χ4n) is 1.50. The van der Waals surface area contributed by atoms with Crippen LogP contribution >= 0.6 is 11.6 Å². The average molecular weight is 237 g/mol. The molecule has 82 valence electrons. The maximum absolute atomic E-state index is 9.22. The quantitative estimate of drug-likeness (QED) is 0.764. The van der Waals surface area contributed by atoms with E-state index in [4.69, 9.17) is 16.1 Å². The zero-order chi connectivity index (χ0) is 11.7. The molecule has 1 heterocycles. The molecule has 1 aromatic heterocycles. The molecule has 0 fully saturated rings. The molecule has 0 bridgehead atoms. The molecule has 0 saturated heterocycles. The minimum absolute atomic E-state index is 0.280. The average Bonchev–Trinajstić information content (AvgIpc) is 2.61. The van der Waals surface area contributed by atoms with E-state index in [1.165, 1.54) is 0 Å². The van der Waals surface area contributed by atoms with Crippen LogP contribution in [0.15, 0.2) is 28.8 Å². The van der Waals surface area contributed by atoms with Gasteiger partial charge in [0.1, 0.15) is 11.5 Å². The minimum atomic E-state index is -1.60. The van der Waals surface area contributed by atoms with E-state index < -0.39 is 7.12 Å². The van der Waals surface area contributed by atoms with Gasteiger partial charge in [0, 0.05) is 10.6 Å². The molecule has 6 heteroatoms. The molecule has 0 aliphatic heterocycles. The summed E-state index contributed by atoms with van der Waals surface area (Å²) >= 11 is 5.76. The Balaban J connectivity index is 2.52. The van der Waals surface area contributed by atoms with Crippen LogP contribution in [0.2, 0.25) is 5.02 Å². The van der Waals surface area contributed by atoms with E-state index in [9.17, 15) is 10.0 Å². The van der Waals surface area contributed by atoms with E-state index in [-0.39, 0.29) is 5.46 Å². The van der Waals surface area contributed by atoms with Gasteiger partial charge in [-0.1, -0.05) is 28.9 Å². The number of aryl methyl sites for hydroxylation is 1. The van der Waals surface area contributed by atoms with Crippen molar-refractivity contribution in [2.45, 2.75) is 6.92 Å². The van der Waals surface area contributed by atoms with E-state index in [1.54, 1.807) is 31.2 Å². The van der Waals surface area contributed by atoms with Gasteiger partial charge in [-0.3, -0.25) is 0 Å². The topological polar surface area (TPSA) is 66.5 Å². The zero-order valence-corrected chi connectivity index (χ0v) is 9.27. The largest absolute Gasteiger partial charge is 0.494 e. The van der Waals surface area contributed by atoms with Crippen LogP contribution in [0, 0.1) is 6.92 Å². The van der Waals surface area contributed by atoms with Crippen molar-refractivity contribution in [1.29, 1.82) is 0 Å². The van der Waals surface area contributed by atoms with Crippen molar-refractivity contribution in [3.63, 3.8) is 0 Å². The smallest absolute Gasteiger partial charge is 0.423 e. The van der Waals surface area contributed by atoms with Crippen LogP contribution in [0.4, 0.5) is 0 Å². The normalized spacial score (nSPS) is 10.5. The second kappa shape index (κ2) is 4.29. The predicted octanol–water partition coefficient (Wildman–Crippen LogP) is 0.983. The van der Waals surface area contributed by atoms with E-state index in [1.807, 2.05) is 0 Å². The molecule has 0 saturated carbocycles. The van der Waals surface area contributed by atoms with Gasteiger partial charge in [-0.2, -0.15) is 0 Å². The lowest BCUT2D eigenvalue weighted by Gasteiger charge is -2.01. The fraction of sp³-hybridized carbons (Fsp3) is 0.100. The van der Waals surface area contributed by atoms with Crippen molar-refractivity contribution in [3.8, 4) is 11.3 Å². The van der Waals surface area contributed by atoms with Gasteiger partial charge in [-0.05, 0) is 19.1 Å². The van der Waals surface area contributed by atoms with Gasteiger partial charge in [0.15, 0.2) is 0 Å². The van der Waals surface area contributed by atoms with Crippen molar-refractivity contribution in [1.82, 2.24) is 5.16 Å². The minimum Gasteiger partial charge on any atom is -0.423 e. The van der Waals surface area contributed by atoms with Crippen LogP contribution in [0.3, 0.4) is 0 Å². The molecule has 1 aromatic carbocycles. The number of aromatic nitrogens is 1. The van der Waals surface area contributed by atoms with Gasteiger partial charge < -0.3 is 14.6 Å². The summed E-state index contributed by atoms with van der Waals surface area (Å²) in [5.74, 6) is 0.389. The Morgan fingerprint density at radius 3 is 2.44 bits per heavy atom. The second-order valence-corrected chi connectivity index (χ2v) is 3.82. The third kappa shape index (κ3) is 1.97. The van der Waals surface area contributed by atoms with Gasteiger partial charge in [0.05, 0.1) is 5.46 Å². The summed E-state index contributed by atoms with van der Waals surface area (Å²) in [5, 5.41) is 22.8. The molecule has 0 aliphatic carbocycles. The number of rotatable bonds is 2. The molecular weight excluding hydrogens is 228 g/mol. The second-order valence-electron chi connectivity index (χ2n) is 3.38. The van der Waals surface area contributed by atoms with E-state index in [0.29, 0.717) is 16.5 Å². The van der Waals surface area contributed by atoms with Crippen molar-refractivity contribution in [3.05, 3.63) is 35.0 Å². The monoisotopic (exact) mass is 237 g/mol. The molecule has 0 radical (unpaired) electrons. The molecule has 4 nitrogen and oxygen atoms in total. The van der Waals surface area contributed by atoms with Crippen LogP contribution in [-0.4, -0.2) is 22.3 Å². The number of nitrogens with zero attached hydrogens (tertiary/aromatic N) is 1. The first-order valence-corrected chi connectivity index (χ1v) is 5.05. The van der Waals surface area contributed by atoms with Crippen molar-refractivity contribution >= 4 is 24.2 Å². The Bertz CT molecular complexity index is 495. The van der Waals surface area contributed by atoms with Crippen LogP contribution < -0.4 is 5.46 Å². The summed E-state index contributed by atoms with van der Waals surface area (Å²) in [4.78, 5) is 0. The molecular formula is C10H9BClNO3. The van der Waals surface area contributed by atoms with Gasteiger partial charge >= 0.3 is 7.12 Å². The Morgan fingerprint density at radius 1 is 1.25 bits per heavy atom. The molecule has 2 N–H and O–H groups in total. The standard InChI is InChI=1S/C10H9BClNO3/c1-6-9(11(14)15)10(13-16-6)7-2-4-8(12)5-3-7/h2-5,14-15H,1H3. The van der Waals surface area contributed by atoms with E-state index in [0.717, 1.165) is 5.56 Å². The summed E-state index contributed by atoms with van der Waals surface area (Å²) in [6, 6.07) is 6.89. The Morgan fingerprint density at radius 2 is 1.88 bits per heavy atom. The molecule has 0 atom stereocenters. The van der Waals surface area contributed by atoms with Crippen LogP contribution in [-0.2, 0) is 0 Å². The zero-order valence-electron chi connectivity index (χ0n) is 8.51. The van der Waals surface area contributed by atoms with Crippen molar-refractivity contribution < 1.29 is 14.6 Å². The lowest BCUT2D eigenvalue weighted by Crippen LogP contribution is -2.32. The molecule has 2 aromatic rings. The van der Waals surface area contributed by atoms with Gasteiger partial charge in [-0.25, -0.2) is 0 Å². The molecule has 2 rings (SSSR count). The Hall–Kier alpha value is -1.30. The number of hydrogen-bond acceptors (Lipinski definition) is 4. The Labute approximate surface area is 97.6 Å². The summed E-state index contributed by atoms with van der Waals surface area (Å²) < 4.78 is 4.94. The first-order valence-electron chi connectivity index (χ1n) is 4.68. The first-order chi connectivity index (χ1) is 7.59. The highest BCUT2D eigenvalue weighted by Gasteiger charge is 2.24. The lowest BCUT2D eigenvalue weighted by atomic mass is 9.77. The summed E-state index contributed by atoms with van der Waals surface area (Å²) in [6.45, 7) is 1.63. The Kier molecular flexibility index (Phi) is 3.00. The van der Waals surface area contributed by atoms with E-state index >= 15 is 0 Å². The predicted molar refractivity (Wildman–Crippen MR) is 61.5 cm³/mol. The highest BCUT2D eigenvalue weighted by atomic mass is 35.5. The molecule has 16 heavy (non-hydrogen) atoms. The number of benzene rings is 1. The summed E-state index contributed by atoms with van der Waals surface area (Å²) in [5.41, 5.74) is 1.43. The maximum Gasteiger partial charge on any atom is 0.494 e. The van der Waals surface area contributed by atoms with Crippen molar-refractivity contribution in [2.24, 2.45) is 0 Å².